The van der Waals surface area contributed by atoms with Gasteiger partial charge in [-0.15, -0.1) is 0 Å². The van der Waals surface area contributed by atoms with Gasteiger partial charge in [0.25, 0.3) is 5.91 Å². The van der Waals surface area contributed by atoms with Crippen LogP contribution < -0.4 is 4.74 Å². The van der Waals surface area contributed by atoms with E-state index in [0.717, 1.165) is 12.1 Å². The smallest absolute Gasteiger partial charge is 0.270 e. The first-order valence-electron chi connectivity index (χ1n) is 9.07. The number of ether oxygens (including phenoxy) is 1. The molecule has 0 radical (unpaired) electrons. The molecule has 1 aliphatic rings. The van der Waals surface area contributed by atoms with Crippen molar-refractivity contribution >= 4 is 11.7 Å². The van der Waals surface area contributed by atoms with E-state index in [1.807, 2.05) is 6.92 Å². The predicted octanol–water partition coefficient (Wildman–Crippen LogP) is 3.77. The standard InChI is InChI=1S/C21H25FN2O3/c1-13-18-15(11-21(2,3)12-16(18)25)23-19(13)20(26)24(4)9-10-27-17-8-6-5-7-14(17)22/h5-8,23H,9-12H2,1-4H3. The molecule has 6 heteroatoms. The van der Waals surface area contributed by atoms with Gasteiger partial charge < -0.3 is 14.6 Å². The molecule has 1 aliphatic carbocycles. The molecule has 0 spiro atoms. The molecular weight excluding hydrogens is 347 g/mol. The predicted molar refractivity (Wildman–Crippen MR) is 101 cm³/mol. The second-order valence-electron chi connectivity index (χ2n) is 7.93. The van der Waals surface area contributed by atoms with E-state index < -0.39 is 5.82 Å². The molecule has 0 aliphatic heterocycles. The first kappa shape index (κ1) is 19.1. The average Bonchev–Trinajstić information content (AvgIpc) is 2.91. The van der Waals surface area contributed by atoms with Crippen LogP contribution in [-0.2, 0) is 6.42 Å². The van der Waals surface area contributed by atoms with Crippen molar-refractivity contribution in [3.05, 3.63) is 52.6 Å². The number of nitrogens with one attached hydrogen (secondary N) is 1. The quantitative estimate of drug-likeness (QED) is 0.869. The fourth-order valence-corrected chi connectivity index (χ4v) is 3.59. The molecular formula is C21H25FN2O3. The van der Waals surface area contributed by atoms with E-state index in [9.17, 15) is 14.0 Å². The molecule has 1 aromatic heterocycles. The number of carbonyl (C=O) groups excluding carboxylic acids is 2. The van der Waals surface area contributed by atoms with Crippen molar-refractivity contribution in [3.8, 4) is 5.75 Å². The lowest BCUT2D eigenvalue weighted by Gasteiger charge is -2.28. The SMILES string of the molecule is Cc1c(C(=O)N(C)CCOc2ccccc2F)[nH]c2c1C(=O)CC(C)(C)C2. The number of Topliss-reactive ketones (excluding diaryl/α,β-unsaturated/α-hetero) is 1. The second-order valence-corrected chi connectivity index (χ2v) is 7.93. The lowest BCUT2D eigenvalue weighted by atomic mass is 9.75. The lowest BCUT2D eigenvalue weighted by Crippen LogP contribution is -2.31. The Morgan fingerprint density at radius 2 is 2.00 bits per heavy atom. The highest BCUT2D eigenvalue weighted by Gasteiger charge is 2.35. The number of carbonyl (C=O) groups is 2. The maximum atomic E-state index is 13.6. The van der Waals surface area contributed by atoms with Crippen molar-refractivity contribution < 1.29 is 18.7 Å². The van der Waals surface area contributed by atoms with Crippen LogP contribution in [-0.4, -0.2) is 41.8 Å². The van der Waals surface area contributed by atoms with Crippen molar-refractivity contribution in [2.24, 2.45) is 5.41 Å². The number of hydrogen-bond donors (Lipinski definition) is 1. The van der Waals surface area contributed by atoms with E-state index in [4.69, 9.17) is 4.74 Å². The van der Waals surface area contributed by atoms with Crippen molar-refractivity contribution in [1.82, 2.24) is 9.88 Å². The Labute approximate surface area is 158 Å². The number of H-pyrrole nitrogens is 1. The summed E-state index contributed by atoms with van der Waals surface area (Å²) in [5.41, 5.74) is 2.54. The Balaban J connectivity index is 1.69. The van der Waals surface area contributed by atoms with Gasteiger partial charge >= 0.3 is 0 Å². The molecule has 1 aromatic carbocycles. The number of likely N-dealkylation sites (N-methyl/N-ethyl adjacent to an activating group) is 1. The molecule has 0 bridgehead atoms. The number of fused-ring (bicyclic) bond motifs is 1. The molecule has 1 amide bonds. The zero-order valence-electron chi connectivity index (χ0n) is 16.2. The summed E-state index contributed by atoms with van der Waals surface area (Å²) in [6.07, 6.45) is 1.22. The summed E-state index contributed by atoms with van der Waals surface area (Å²) in [4.78, 5) is 30.0. The minimum absolute atomic E-state index is 0.0830. The highest BCUT2D eigenvalue weighted by Crippen LogP contribution is 2.36. The summed E-state index contributed by atoms with van der Waals surface area (Å²) in [5.74, 6) is -0.387. The van der Waals surface area contributed by atoms with Gasteiger partial charge in [0.2, 0.25) is 0 Å². The minimum Gasteiger partial charge on any atom is -0.489 e. The number of benzene rings is 1. The minimum atomic E-state index is -0.430. The average molecular weight is 372 g/mol. The Morgan fingerprint density at radius 1 is 1.30 bits per heavy atom. The first-order valence-corrected chi connectivity index (χ1v) is 9.07. The normalized spacial score (nSPS) is 15.4. The molecule has 27 heavy (non-hydrogen) atoms. The van der Waals surface area contributed by atoms with Crippen molar-refractivity contribution in [3.63, 3.8) is 0 Å². The number of ketones is 1. The Morgan fingerprint density at radius 3 is 2.70 bits per heavy atom. The third kappa shape index (κ3) is 3.89. The van der Waals surface area contributed by atoms with E-state index in [2.05, 4.69) is 18.8 Å². The van der Waals surface area contributed by atoms with Gasteiger partial charge in [-0.1, -0.05) is 26.0 Å². The molecule has 2 aromatic rings. The molecule has 1 heterocycles. The number of rotatable bonds is 5. The molecule has 0 saturated carbocycles. The topological polar surface area (TPSA) is 62.4 Å². The van der Waals surface area contributed by atoms with Gasteiger partial charge in [0.1, 0.15) is 12.3 Å². The van der Waals surface area contributed by atoms with E-state index in [1.165, 1.54) is 11.0 Å². The van der Waals surface area contributed by atoms with Crippen LogP contribution in [0.25, 0.3) is 0 Å². The molecule has 144 valence electrons. The number of para-hydroxylation sites is 1. The van der Waals surface area contributed by atoms with Crippen LogP contribution >= 0.6 is 0 Å². The van der Waals surface area contributed by atoms with Crippen LogP contribution in [0.4, 0.5) is 4.39 Å². The van der Waals surface area contributed by atoms with Crippen molar-refractivity contribution in [2.45, 2.75) is 33.6 Å². The summed E-state index contributed by atoms with van der Waals surface area (Å²) in [7, 11) is 1.66. The Kier molecular flexibility index (Phi) is 5.09. The summed E-state index contributed by atoms with van der Waals surface area (Å²) in [5, 5.41) is 0. The first-order chi connectivity index (χ1) is 12.7. The van der Waals surface area contributed by atoms with Gasteiger partial charge in [-0.2, -0.15) is 0 Å². The molecule has 0 fully saturated rings. The Hall–Kier alpha value is -2.63. The van der Waals surface area contributed by atoms with Crippen LogP contribution in [0.5, 0.6) is 5.75 Å². The number of nitrogens with zero attached hydrogens (tertiary/aromatic N) is 1. The maximum Gasteiger partial charge on any atom is 0.270 e. The highest BCUT2D eigenvalue weighted by atomic mass is 19.1. The number of amides is 1. The number of hydrogen-bond acceptors (Lipinski definition) is 3. The molecule has 0 saturated heterocycles. The fraction of sp³-hybridized carbons (Fsp3) is 0.429. The third-order valence-electron chi connectivity index (χ3n) is 4.98. The van der Waals surface area contributed by atoms with Gasteiger partial charge in [-0.25, -0.2) is 4.39 Å². The highest BCUT2D eigenvalue weighted by molar-refractivity contribution is 6.04. The van der Waals surface area contributed by atoms with E-state index in [1.54, 1.807) is 25.2 Å². The van der Waals surface area contributed by atoms with E-state index in [-0.39, 0.29) is 29.5 Å². The summed E-state index contributed by atoms with van der Waals surface area (Å²) < 4.78 is 19.0. The number of halogens is 1. The van der Waals surface area contributed by atoms with Crippen LogP contribution in [0.15, 0.2) is 24.3 Å². The van der Waals surface area contributed by atoms with Crippen molar-refractivity contribution in [2.75, 3.05) is 20.2 Å². The Bertz CT molecular complexity index is 886. The van der Waals surface area contributed by atoms with Gasteiger partial charge in [-0.3, -0.25) is 9.59 Å². The zero-order chi connectivity index (χ0) is 19.8. The van der Waals surface area contributed by atoms with Gasteiger partial charge in [0.05, 0.1) is 6.54 Å². The lowest BCUT2D eigenvalue weighted by molar-refractivity contribution is 0.0766. The number of aromatic amines is 1. The van der Waals surface area contributed by atoms with Crippen LogP contribution in [0.2, 0.25) is 0 Å². The molecule has 1 N–H and O–H groups in total. The van der Waals surface area contributed by atoms with Crippen LogP contribution in [0.1, 0.15) is 52.4 Å². The van der Waals surface area contributed by atoms with Crippen LogP contribution in [0, 0.1) is 18.2 Å². The van der Waals surface area contributed by atoms with Crippen molar-refractivity contribution in [1.29, 1.82) is 0 Å². The van der Waals surface area contributed by atoms with E-state index >= 15 is 0 Å². The van der Waals surface area contributed by atoms with E-state index in [0.29, 0.717) is 29.8 Å². The zero-order valence-corrected chi connectivity index (χ0v) is 16.2. The van der Waals surface area contributed by atoms with Gasteiger partial charge in [0.15, 0.2) is 17.3 Å². The summed E-state index contributed by atoms with van der Waals surface area (Å²) >= 11 is 0. The molecule has 0 atom stereocenters. The molecule has 3 rings (SSSR count). The third-order valence-corrected chi connectivity index (χ3v) is 4.98. The number of aromatic nitrogens is 1. The maximum absolute atomic E-state index is 13.6. The monoisotopic (exact) mass is 372 g/mol. The van der Waals surface area contributed by atoms with Gasteiger partial charge in [-0.05, 0) is 36.5 Å². The molecule has 0 unspecified atom stereocenters. The second kappa shape index (κ2) is 7.18. The summed E-state index contributed by atoms with van der Waals surface area (Å²) in [6, 6.07) is 6.16. The molecule has 5 nitrogen and oxygen atoms in total. The fourth-order valence-electron chi connectivity index (χ4n) is 3.59. The van der Waals surface area contributed by atoms with Gasteiger partial charge in [0, 0.05) is 24.7 Å². The summed E-state index contributed by atoms with van der Waals surface area (Å²) in [6.45, 7) is 6.39. The largest absolute Gasteiger partial charge is 0.489 e. The van der Waals surface area contributed by atoms with Crippen LogP contribution in [0.3, 0.4) is 0 Å².